The molecule has 2 amide bonds. The van der Waals surface area contributed by atoms with Crippen LogP contribution in [-0.4, -0.2) is 35.2 Å². The summed E-state index contributed by atoms with van der Waals surface area (Å²) in [5, 5.41) is 8.14. The van der Waals surface area contributed by atoms with Gasteiger partial charge in [-0.15, -0.1) is 5.10 Å². The van der Waals surface area contributed by atoms with Crippen LogP contribution in [0.2, 0.25) is 0 Å². The third kappa shape index (κ3) is 5.76. The first kappa shape index (κ1) is 22.2. The van der Waals surface area contributed by atoms with Crippen LogP contribution in [0.25, 0.3) is 0 Å². The summed E-state index contributed by atoms with van der Waals surface area (Å²) in [4.78, 5) is 23.5. The molecule has 1 atom stereocenters. The Hall–Kier alpha value is -2.52. The molecule has 158 valence electrons. The number of halogens is 1. The van der Waals surface area contributed by atoms with Crippen molar-refractivity contribution in [3.63, 3.8) is 0 Å². The SMILES string of the molecule is CC(=O)NC1=NN(C(C)=O)C(c2cc(Br)ccc2OCCOc2ccc(C)cc2)S1. The molecule has 0 saturated carbocycles. The van der Waals surface area contributed by atoms with E-state index in [0.29, 0.717) is 24.1 Å². The largest absolute Gasteiger partial charge is 0.490 e. The minimum atomic E-state index is -0.449. The van der Waals surface area contributed by atoms with Crippen molar-refractivity contribution in [1.82, 2.24) is 10.3 Å². The topological polar surface area (TPSA) is 80.2 Å². The molecule has 7 nitrogen and oxygen atoms in total. The van der Waals surface area contributed by atoms with Crippen LogP contribution in [0.5, 0.6) is 11.5 Å². The number of rotatable bonds is 6. The lowest BCUT2D eigenvalue weighted by Crippen LogP contribution is -2.25. The van der Waals surface area contributed by atoms with Gasteiger partial charge in [-0.05, 0) is 37.3 Å². The number of nitrogens with one attached hydrogen (secondary N) is 1. The minimum Gasteiger partial charge on any atom is -0.490 e. The van der Waals surface area contributed by atoms with Crippen LogP contribution in [0.15, 0.2) is 52.0 Å². The molecular weight excluding hydrogens is 470 g/mol. The number of benzene rings is 2. The van der Waals surface area contributed by atoms with E-state index >= 15 is 0 Å². The number of thioether (sulfide) groups is 1. The lowest BCUT2D eigenvalue weighted by atomic mass is 10.2. The molecule has 1 unspecified atom stereocenters. The second kappa shape index (κ2) is 9.99. The molecule has 1 N–H and O–H groups in total. The van der Waals surface area contributed by atoms with Crippen molar-refractivity contribution >= 4 is 44.7 Å². The van der Waals surface area contributed by atoms with Gasteiger partial charge in [0.25, 0.3) is 0 Å². The quantitative estimate of drug-likeness (QED) is 0.611. The fourth-order valence-electron chi connectivity index (χ4n) is 2.75. The van der Waals surface area contributed by atoms with Crippen molar-refractivity contribution in [2.24, 2.45) is 5.10 Å². The summed E-state index contributed by atoms with van der Waals surface area (Å²) in [5.41, 5.74) is 1.94. The Labute approximate surface area is 187 Å². The average molecular weight is 492 g/mol. The Morgan fingerprint density at radius 3 is 2.50 bits per heavy atom. The molecule has 0 aliphatic carbocycles. The Balaban J connectivity index is 1.70. The minimum absolute atomic E-state index is 0.235. The summed E-state index contributed by atoms with van der Waals surface area (Å²) >= 11 is 4.75. The average Bonchev–Trinajstić information content (AvgIpc) is 3.10. The van der Waals surface area contributed by atoms with Gasteiger partial charge in [0.1, 0.15) is 30.1 Å². The van der Waals surface area contributed by atoms with Gasteiger partial charge >= 0.3 is 0 Å². The maximum atomic E-state index is 12.1. The summed E-state index contributed by atoms with van der Waals surface area (Å²) < 4.78 is 12.5. The highest BCUT2D eigenvalue weighted by Gasteiger charge is 2.34. The number of nitrogens with zero attached hydrogens (tertiary/aromatic N) is 2. The number of hydrazone groups is 1. The zero-order valence-electron chi connectivity index (χ0n) is 16.8. The van der Waals surface area contributed by atoms with Crippen LogP contribution in [0.3, 0.4) is 0 Å². The van der Waals surface area contributed by atoms with Gasteiger partial charge < -0.3 is 14.8 Å². The molecule has 2 aromatic carbocycles. The van der Waals surface area contributed by atoms with Crippen LogP contribution in [-0.2, 0) is 9.59 Å². The predicted octanol–water partition coefficient (Wildman–Crippen LogP) is 4.22. The fraction of sp³-hybridized carbons (Fsp3) is 0.286. The van der Waals surface area contributed by atoms with E-state index in [1.165, 1.54) is 36.2 Å². The molecule has 1 aliphatic heterocycles. The molecule has 2 aromatic rings. The predicted molar refractivity (Wildman–Crippen MR) is 120 cm³/mol. The highest BCUT2D eigenvalue weighted by atomic mass is 79.9. The van der Waals surface area contributed by atoms with Gasteiger partial charge in [-0.3, -0.25) is 9.59 Å². The zero-order chi connectivity index (χ0) is 21.7. The van der Waals surface area contributed by atoms with Gasteiger partial charge in [-0.2, -0.15) is 0 Å². The normalized spacial score (nSPS) is 15.5. The van der Waals surface area contributed by atoms with E-state index in [9.17, 15) is 9.59 Å². The summed E-state index contributed by atoms with van der Waals surface area (Å²) in [5.74, 6) is 0.919. The van der Waals surface area contributed by atoms with E-state index in [4.69, 9.17) is 9.47 Å². The van der Waals surface area contributed by atoms with Crippen LogP contribution < -0.4 is 14.8 Å². The molecule has 9 heteroatoms. The lowest BCUT2D eigenvalue weighted by molar-refractivity contribution is -0.129. The summed E-state index contributed by atoms with van der Waals surface area (Å²) in [6.45, 7) is 5.56. The Bertz CT molecular complexity index is 965. The van der Waals surface area contributed by atoms with Crippen LogP contribution in [0, 0.1) is 6.92 Å². The van der Waals surface area contributed by atoms with Gasteiger partial charge in [0.15, 0.2) is 5.17 Å². The Kier molecular flexibility index (Phi) is 7.38. The molecule has 0 aromatic heterocycles. The van der Waals surface area contributed by atoms with Gasteiger partial charge in [0.2, 0.25) is 11.8 Å². The summed E-state index contributed by atoms with van der Waals surface area (Å²) in [7, 11) is 0. The van der Waals surface area contributed by atoms with E-state index in [1.807, 2.05) is 49.4 Å². The van der Waals surface area contributed by atoms with E-state index in [-0.39, 0.29) is 11.8 Å². The van der Waals surface area contributed by atoms with Gasteiger partial charge in [0.05, 0.1) is 0 Å². The monoisotopic (exact) mass is 491 g/mol. The van der Waals surface area contributed by atoms with Crippen molar-refractivity contribution in [3.8, 4) is 11.5 Å². The Morgan fingerprint density at radius 2 is 1.83 bits per heavy atom. The smallest absolute Gasteiger partial charge is 0.241 e. The Morgan fingerprint density at radius 1 is 1.13 bits per heavy atom. The number of amides is 2. The van der Waals surface area contributed by atoms with Crippen molar-refractivity contribution in [2.45, 2.75) is 26.1 Å². The molecule has 1 aliphatic rings. The summed E-state index contributed by atoms with van der Waals surface area (Å²) in [6.07, 6.45) is 0. The van der Waals surface area contributed by atoms with E-state index in [2.05, 4.69) is 26.3 Å². The van der Waals surface area contributed by atoms with E-state index in [0.717, 1.165) is 15.8 Å². The number of carbonyl (C=O) groups excluding carboxylic acids is 2. The number of aryl methyl sites for hydroxylation is 1. The first-order valence-electron chi connectivity index (χ1n) is 9.28. The van der Waals surface area contributed by atoms with Crippen molar-refractivity contribution in [3.05, 3.63) is 58.1 Å². The van der Waals surface area contributed by atoms with Crippen LogP contribution in [0.1, 0.15) is 30.3 Å². The standard InChI is InChI=1S/C21H22BrN3O4S/c1-13-4-7-17(8-5-13)28-10-11-29-19-9-6-16(22)12-18(19)20-25(15(3)27)24-21(30-20)23-14(2)26/h4-9,12,20H,10-11H2,1-3H3,(H,23,24,26). The lowest BCUT2D eigenvalue weighted by Gasteiger charge is -2.22. The molecule has 0 radical (unpaired) electrons. The van der Waals surface area contributed by atoms with Crippen molar-refractivity contribution in [2.75, 3.05) is 13.2 Å². The number of carbonyl (C=O) groups is 2. The molecule has 1 heterocycles. The zero-order valence-corrected chi connectivity index (χ0v) is 19.2. The molecule has 30 heavy (non-hydrogen) atoms. The number of hydrogen-bond acceptors (Lipinski definition) is 6. The van der Waals surface area contributed by atoms with E-state index < -0.39 is 5.37 Å². The number of amidine groups is 1. The van der Waals surface area contributed by atoms with Crippen LogP contribution >= 0.6 is 27.7 Å². The second-order valence-corrected chi connectivity index (χ2v) is 8.60. The highest BCUT2D eigenvalue weighted by molar-refractivity contribution is 9.10. The van der Waals surface area contributed by atoms with Crippen molar-refractivity contribution < 1.29 is 19.1 Å². The first-order valence-corrected chi connectivity index (χ1v) is 10.9. The number of hydrogen-bond donors (Lipinski definition) is 1. The third-order valence-electron chi connectivity index (χ3n) is 4.12. The summed E-state index contributed by atoms with van der Waals surface area (Å²) in [6, 6.07) is 13.4. The number of ether oxygens (including phenoxy) is 2. The highest BCUT2D eigenvalue weighted by Crippen LogP contribution is 2.43. The second-order valence-electron chi connectivity index (χ2n) is 6.61. The van der Waals surface area contributed by atoms with E-state index in [1.54, 1.807) is 0 Å². The van der Waals surface area contributed by atoms with Gasteiger partial charge in [-0.25, -0.2) is 5.01 Å². The van der Waals surface area contributed by atoms with Crippen molar-refractivity contribution in [1.29, 1.82) is 0 Å². The molecule has 0 saturated heterocycles. The first-order chi connectivity index (χ1) is 14.3. The molecule has 0 fully saturated rings. The maximum absolute atomic E-state index is 12.1. The third-order valence-corrected chi connectivity index (χ3v) is 5.70. The molecule has 0 bridgehead atoms. The molecule has 0 spiro atoms. The maximum Gasteiger partial charge on any atom is 0.241 e. The van der Waals surface area contributed by atoms with Crippen LogP contribution in [0.4, 0.5) is 0 Å². The van der Waals surface area contributed by atoms with Gasteiger partial charge in [0, 0.05) is 23.9 Å². The van der Waals surface area contributed by atoms with Gasteiger partial charge in [-0.1, -0.05) is 45.4 Å². The fourth-order valence-corrected chi connectivity index (χ4v) is 4.29. The molecule has 3 rings (SSSR count). The molecular formula is C21H22BrN3O4S.